The Balaban J connectivity index is 3.22. The van der Waals surface area contributed by atoms with Crippen molar-refractivity contribution in [1.82, 2.24) is 0 Å². The molecule has 0 N–H and O–H groups in total. The van der Waals surface area contributed by atoms with E-state index in [4.69, 9.17) is 4.43 Å². The summed E-state index contributed by atoms with van der Waals surface area (Å²) in [7, 11) is -1.97. The van der Waals surface area contributed by atoms with Gasteiger partial charge in [-0.1, -0.05) is 33.8 Å². The van der Waals surface area contributed by atoms with E-state index in [1.54, 1.807) is 13.0 Å². The van der Waals surface area contributed by atoms with E-state index < -0.39 is 19.1 Å². The topological polar surface area (TPSA) is 43.4 Å². The summed E-state index contributed by atoms with van der Waals surface area (Å²) in [5, 5.41) is 0.0914. The standard InChI is InChI=1S/C17H30O3Si/c1-9-16(5)14(20-21(7,8)15(2,3)4)11-10-13(19)17(16,6)12-18/h9,12,14H,1,10-11H2,2-8H3/t14-,16+,17?/m0/s1. The monoisotopic (exact) mass is 310 g/mol. The van der Waals surface area contributed by atoms with Crippen molar-refractivity contribution in [2.75, 3.05) is 0 Å². The van der Waals surface area contributed by atoms with E-state index in [0.29, 0.717) is 12.8 Å². The number of hydrogen-bond acceptors (Lipinski definition) is 3. The zero-order valence-electron chi connectivity index (χ0n) is 14.6. The van der Waals surface area contributed by atoms with Gasteiger partial charge in [-0.05, 0) is 31.5 Å². The minimum absolute atomic E-state index is 0.00465. The first-order valence-electron chi connectivity index (χ1n) is 7.67. The minimum atomic E-state index is -1.97. The van der Waals surface area contributed by atoms with Crippen LogP contribution < -0.4 is 0 Å². The summed E-state index contributed by atoms with van der Waals surface area (Å²) in [6.07, 6.45) is 3.47. The Bertz CT molecular complexity index is 449. The van der Waals surface area contributed by atoms with Crippen LogP contribution in [0.1, 0.15) is 47.5 Å². The fourth-order valence-corrected chi connectivity index (χ4v) is 4.13. The maximum absolute atomic E-state index is 12.3. The van der Waals surface area contributed by atoms with E-state index in [9.17, 15) is 9.59 Å². The highest BCUT2D eigenvalue weighted by Gasteiger charge is 2.57. The molecule has 0 saturated heterocycles. The summed E-state index contributed by atoms with van der Waals surface area (Å²) < 4.78 is 6.55. The van der Waals surface area contributed by atoms with E-state index in [2.05, 4.69) is 40.4 Å². The number of rotatable bonds is 4. The molecule has 0 bridgehead atoms. The van der Waals surface area contributed by atoms with E-state index >= 15 is 0 Å². The molecule has 0 radical (unpaired) electrons. The molecule has 3 atom stereocenters. The van der Waals surface area contributed by atoms with Crippen LogP contribution in [0.2, 0.25) is 18.1 Å². The molecule has 0 amide bonds. The number of carbonyl (C=O) groups excluding carboxylic acids is 2. The summed E-state index contributed by atoms with van der Waals surface area (Å²) in [5.74, 6) is -0.00465. The number of aldehydes is 1. The highest BCUT2D eigenvalue weighted by molar-refractivity contribution is 6.74. The van der Waals surface area contributed by atoms with Crippen molar-refractivity contribution >= 4 is 20.4 Å². The number of carbonyl (C=O) groups is 2. The van der Waals surface area contributed by atoms with Gasteiger partial charge in [0.05, 0.1) is 11.5 Å². The largest absolute Gasteiger partial charge is 0.413 e. The number of ketones is 1. The van der Waals surface area contributed by atoms with E-state index in [-0.39, 0.29) is 16.9 Å². The lowest BCUT2D eigenvalue weighted by Crippen LogP contribution is -2.58. The summed E-state index contributed by atoms with van der Waals surface area (Å²) in [5.41, 5.74) is -1.69. The molecule has 120 valence electrons. The third-order valence-corrected chi connectivity index (χ3v) is 10.4. The van der Waals surface area contributed by atoms with Crippen molar-refractivity contribution in [3.8, 4) is 0 Å². The second-order valence-electron chi connectivity index (χ2n) is 8.14. The smallest absolute Gasteiger partial charge is 0.192 e. The lowest BCUT2D eigenvalue weighted by atomic mass is 9.56. The first-order valence-corrected chi connectivity index (χ1v) is 10.6. The van der Waals surface area contributed by atoms with Crippen LogP contribution in [0.3, 0.4) is 0 Å². The van der Waals surface area contributed by atoms with Gasteiger partial charge in [0.2, 0.25) is 0 Å². The molecule has 3 nitrogen and oxygen atoms in total. The van der Waals surface area contributed by atoms with Gasteiger partial charge in [0.15, 0.2) is 8.32 Å². The fourth-order valence-electron chi connectivity index (χ4n) is 2.71. The van der Waals surface area contributed by atoms with Crippen molar-refractivity contribution in [2.24, 2.45) is 10.8 Å². The van der Waals surface area contributed by atoms with Crippen molar-refractivity contribution in [3.63, 3.8) is 0 Å². The van der Waals surface area contributed by atoms with Gasteiger partial charge in [0.25, 0.3) is 0 Å². The molecule has 1 aliphatic carbocycles. The highest BCUT2D eigenvalue weighted by atomic mass is 28.4. The van der Waals surface area contributed by atoms with Gasteiger partial charge < -0.3 is 9.22 Å². The quantitative estimate of drug-likeness (QED) is 0.339. The molecule has 1 aliphatic rings. The average Bonchev–Trinajstić information content (AvgIpc) is 2.38. The highest BCUT2D eigenvalue weighted by Crippen LogP contribution is 2.51. The van der Waals surface area contributed by atoms with Crippen LogP contribution in [0.15, 0.2) is 12.7 Å². The first-order chi connectivity index (χ1) is 9.35. The van der Waals surface area contributed by atoms with Gasteiger partial charge in [-0.15, -0.1) is 6.58 Å². The van der Waals surface area contributed by atoms with Crippen LogP contribution >= 0.6 is 0 Å². The molecular formula is C17H30O3Si. The zero-order chi connectivity index (χ0) is 16.7. The molecule has 0 spiro atoms. The molecule has 0 aromatic heterocycles. The van der Waals surface area contributed by atoms with Gasteiger partial charge in [-0.25, -0.2) is 0 Å². The Hall–Kier alpha value is -0.743. The van der Waals surface area contributed by atoms with Gasteiger partial charge >= 0.3 is 0 Å². The molecule has 0 aromatic rings. The normalized spacial score (nSPS) is 34.6. The molecule has 1 saturated carbocycles. The SMILES string of the molecule is C=C[C@]1(C)[C@@H](O[Si](C)(C)C(C)(C)C)CCC(=O)C1(C)C=O. The van der Waals surface area contributed by atoms with E-state index in [1.165, 1.54) is 0 Å². The minimum Gasteiger partial charge on any atom is -0.413 e. The molecule has 1 unspecified atom stereocenters. The van der Waals surface area contributed by atoms with Crippen LogP contribution in [0.25, 0.3) is 0 Å². The maximum atomic E-state index is 12.3. The Labute approximate surface area is 130 Å². The lowest BCUT2D eigenvalue weighted by molar-refractivity contribution is -0.150. The Morgan fingerprint density at radius 1 is 1.33 bits per heavy atom. The van der Waals surface area contributed by atoms with Crippen LogP contribution in [-0.4, -0.2) is 26.5 Å². The molecule has 0 aliphatic heterocycles. The average molecular weight is 311 g/mol. The Morgan fingerprint density at radius 3 is 2.24 bits per heavy atom. The van der Waals surface area contributed by atoms with Crippen molar-refractivity contribution < 1.29 is 14.0 Å². The lowest BCUT2D eigenvalue weighted by Gasteiger charge is -2.52. The molecule has 1 fully saturated rings. The van der Waals surface area contributed by atoms with Gasteiger partial charge in [-0.2, -0.15) is 0 Å². The number of hydrogen-bond donors (Lipinski definition) is 0. The predicted octanol–water partition coefficient (Wildman–Crippen LogP) is 4.14. The van der Waals surface area contributed by atoms with Gasteiger partial charge in [0, 0.05) is 11.8 Å². The summed E-state index contributed by atoms with van der Waals surface area (Å²) >= 11 is 0. The molecular weight excluding hydrogens is 280 g/mol. The summed E-state index contributed by atoms with van der Waals surface area (Å²) in [6, 6.07) is 0. The number of Topliss-reactive ketones (excluding diaryl/α,β-unsaturated/α-hetero) is 1. The first kappa shape index (κ1) is 18.3. The maximum Gasteiger partial charge on any atom is 0.192 e. The van der Waals surface area contributed by atoms with Gasteiger partial charge in [0.1, 0.15) is 12.1 Å². The summed E-state index contributed by atoms with van der Waals surface area (Å²) in [6.45, 7) is 18.5. The molecule has 0 heterocycles. The van der Waals surface area contributed by atoms with Crippen LogP contribution in [-0.2, 0) is 14.0 Å². The van der Waals surface area contributed by atoms with Crippen molar-refractivity contribution in [1.29, 1.82) is 0 Å². The second-order valence-corrected chi connectivity index (χ2v) is 12.9. The van der Waals surface area contributed by atoms with E-state index in [1.807, 2.05) is 6.92 Å². The third kappa shape index (κ3) is 2.80. The predicted molar refractivity (Wildman–Crippen MR) is 88.8 cm³/mol. The van der Waals surface area contributed by atoms with E-state index in [0.717, 1.165) is 6.29 Å². The Morgan fingerprint density at radius 2 is 1.86 bits per heavy atom. The summed E-state index contributed by atoms with van der Waals surface area (Å²) in [4.78, 5) is 24.0. The Kier molecular flexibility index (Phi) is 4.77. The second kappa shape index (κ2) is 5.47. The third-order valence-electron chi connectivity index (χ3n) is 5.90. The van der Waals surface area contributed by atoms with Crippen LogP contribution in [0.5, 0.6) is 0 Å². The molecule has 21 heavy (non-hydrogen) atoms. The van der Waals surface area contributed by atoms with Crippen LogP contribution in [0.4, 0.5) is 0 Å². The molecule has 4 heteroatoms. The zero-order valence-corrected chi connectivity index (χ0v) is 15.6. The van der Waals surface area contributed by atoms with Gasteiger partial charge in [-0.3, -0.25) is 4.79 Å². The molecule has 0 aromatic carbocycles. The van der Waals surface area contributed by atoms with Crippen molar-refractivity contribution in [2.45, 2.75) is 71.7 Å². The van der Waals surface area contributed by atoms with Crippen molar-refractivity contribution in [3.05, 3.63) is 12.7 Å². The van der Waals surface area contributed by atoms with Crippen LogP contribution in [0, 0.1) is 10.8 Å². The molecule has 1 rings (SSSR count). The fraction of sp³-hybridized carbons (Fsp3) is 0.765.